The maximum atomic E-state index is 5.50. The molecule has 0 aromatic heterocycles. The summed E-state index contributed by atoms with van der Waals surface area (Å²) >= 11 is 0. The van der Waals surface area contributed by atoms with Gasteiger partial charge in [0, 0.05) is 64.1 Å². The largest absolute Gasteiger partial charge is 0.379 e. The summed E-state index contributed by atoms with van der Waals surface area (Å²) in [6.07, 6.45) is 2.37. The molecule has 0 amide bonds. The molecule has 1 aromatic rings. The number of benzene rings is 1. The van der Waals surface area contributed by atoms with Gasteiger partial charge in [0.1, 0.15) is 0 Å². The van der Waals surface area contributed by atoms with Gasteiger partial charge in [0.25, 0.3) is 0 Å². The Hall–Kier alpha value is -1.79. The predicted octanol–water partition coefficient (Wildman–Crippen LogP) is 1.42. The van der Waals surface area contributed by atoms with Gasteiger partial charge in [-0.3, -0.25) is 9.89 Å². The van der Waals surface area contributed by atoms with Gasteiger partial charge in [0.2, 0.25) is 0 Å². The summed E-state index contributed by atoms with van der Waals surface area (Å²) < 4.78 is 5.50. The van der Waals surface area contributed by atoms with Crippen LogP contribution in [-0.2, 0) is 11.2 Å². The molecule has 27 heavy (non-hydrogen) atoms. The second kappa shape index (κ2) is 8.48. The average molecular weight is 372 g/mol. The van der Waals surface area contributed by atoms with Crippen molar-refractivity contribution in [1.29, 1.82) is 0 Å². The first-order chi connectivity index (χ1) is 13.3. The van der Waals surface area contributed by atoms with Crippen LogP contribution in [0.25, 0.3) is 0 Å². The number of hydrogen-bond donors (Lipinski definition) is 1. The van der Waals surface area contributed by atoms with Crippen molar-refractivity contribution in [3.8, 4) is 0 Å². The quantitative estimate of drug-likeness (QED) is 0.641. The Morgan fingerprint density at radius 3 is 2.85 bits per heavy atom. The van der Waals surface area contributed by atoms with Gasteiger partial charge in [0.05, 0.1) is 13.2 Å². The van der Waals surface area contributed by atoms with E-state index < -0.39 is 0 Å². The molecule has 2 fully saturated rings. The Labute approximate surface area is 163 Å². The van der Waals surface area contributed by atoms with Crippen LogP contribution < -0.4 is 10.2 Å². The van der Waals surface area contributed by atoms with Gasteiger partial charge in [-0.25, -0.2) is 0 Å². The van der Waals surface area contributed by atoms with Crippen LogP contribution in [0, 0.1) is 0 Å². The molecule has 0 saturated carbocycles. The van der Waals surface area contributed by atoms with Crippen molar-refractivity contribution in [2.45, 2.75) is 31.8 Å². The highest BCUT2D eigenvalue weighted by Gasteiger charge is 2.30. The monoisotopic (exact) mass is 371 g/mol. The first kappa shape index (κ1) is 18.6. The molecule has 2 unspecified atom stereocenters. The van der Waals surface area contributed by atoms with Gasteiger partial charge in [-0.1, -0.05) is 18.2 Å². The van der Waals surface area contributed by atoms with E-state index in [2.05, 4.69) is 56.2 Å². The lowest BCUT2D eigenvalue weighted by Gasteiger charge is -2.33. The van der Waals surface area contributed by atoms with E-state index in [1.807, 2.05) is 7.05 Å². The second-order valence-electron chi connectivity index (χ2n) is 7.89. The molecule has 2 saturated heterocycles. The van der Waals surface area contributed by atoms with Crippen molar-refractivity contribution < 1.29 is 4.74 Å². The van der Waals surface area contributed by atoms with Gasteiger partial charge >= 0.3 is 0 Å². The van der Waals surface area contributed by atoms with Crippen molar-refractivity contribution in [1.82, 2.24) is 15.1 Å². The minimum absolute atomic E-state index is 0.447. The number of aliphatic imine (C=N–C) groups is 1. The summed E-state index contributed by atoms with van der Waals surface area (Å²) in [5.41, 5.74) is 2.87. The molecular formula is C21H33N5O. The number of hydrogen-bond acceptors (Lipinski definition) is 4. The van der Waals surface area contributed by atoms with Crippen LogP contribution in [0.5, 0.6) is 0 Å². The number of nitrogens with one attached hydrogen (secondary N) is 1. The van der Waals surface area contributed by atoms with Gasteiger partial charge in [-0.05, 0) is 31.4 Å². The molecule has 0 radical (unpaired) electrons. The van der Waals surface area contributed by atoms with Gasteiger partial charge in [0.15, 0.2) is 5.96 Å². The number of anilines is 1. The third-order valence-corrected chi connectivity index (χ3v) is 6.25. The van der Waals surface area contributed by atoms with Crippen molar-refractivity contribution >= 4 is 11.6 Å². The van der Waals surface area contributed by atoms with Crippen molar-refractivity contribution in [3.63, 3.8) is 0 Å². The summed E-state index contributed by atoms with van der Waals surface area (Å²) in [5, 5.41) is 3.63. The Balaban J connectivity index is 1.30. The lowest BCUT2D eigenvalue weighted by atomic mass is 10.2. The van der Waals surface area contributed by atoms with E-state index in [1.54, 1.807) is 0 Å². The van der Waals surface area contributed by atoms with E-state index in [1.165, 1.54) is 17.7 Å². The van der Waals surface area contributed by atoms with Crippen LogP contribution in [0.4, 0.5) is 5.69 Å². The molecule has 148 valence electrons. The Kier molecular flexibility index (Phi) is 5.83. The zero-order valence-electron chi connectivity index (χ0n) is 16.7. The number of likely N-dealkylation sites (tertiary alicyclic amines) is 1. The number of ether oxygens (including phenoxy) is 1. The molecule has 6 nitrogen and oxygen atoms in total. The lowest BCUT2D eigenvalue weighted by molar-refractivity contribution is 0.0195. The maximum Gasteiger partial charge on any atom is 0.193 e. The summed E-state index contributed by atoms with van der Waals surface area (Å²) in [5.74, 6) is 1.05. The summed E-state index contributed by atoms with van der Waals surface area (Å²) in [7, 11) is 1.90. The Morgan fingerprint density at radius 2 is 2.04 bits per heavy atom. The van der Waals surface area contributed by atoms with E-state index in [-0.39, 0.29) is 0 Å². The van der Waals surface area contributed by atoms with Crippen LogP contribution in [0.15, 0.2) is 29.3 Å². The van der Waals surface area contributed by atoms with Crippen LogP contribution >= 0.6 is 0 Å². The number of rotatable bonds is 4. The summed E-state index contributed by atoms with van der Waals surface area (Å²) in [6.45, 7) is 10.4. The van der Waals surface area contributed by atoms with Crippen LogP contribution in [-0.4, -0.2) is 87.4 Å². The number of morpholine rings is 1. The summed E-state index contributed by atoms with van der Waals surface area (Å²) in [6, 6.07) is 9.88. The smallest absolute Gasteiger partial charge is 0.193 e. The molecular weight excluding hydrogens is 338 g/mol. The molecule has 0 spiro atoms. The van der Waals surface area contributed by atoms with E-state index in [0.717, 1.165) is 64.9 Å². The maximum absolute atomic E-state index is 5.50. The lowest BCUT2D eigenvalue weighted by Crippen LogP contribution is -2.49. The van der Waals surface area contributed by atoms with Crippen LogP contribution in [0.1, 0.15) is 18.9 Å². The van der Waals surface area contributed by atoms with Gasteiger partial charge in [-0.15, -0.1) is 0 Å². The molecule has 0 bridgehead atoms. The van der Waals surface area contributed by atoms with Crippen molar-refractivity contribution in [3.05, 3.63) is 29.8 Å². The number of guanidine groups is 1. The summed E-state index contributed by atoms with van der Waals surface area (Å²) in [4.78, 5) is 12.1. The highest BCUT2D eigenvalue weighted by Crippen LogP contribution is 2.29. The molecule has 2 atom stereocenters. The van der Waals surface area contributed by atoms with E-state index in [0.29, 0.717) is 12.1 Å². The zero-order chi connectivity index (χ0) is 18.6. The highest BCUT2D eigenvalue weighted by atomic mass is 16.5. The van der Waals surface area contributed by atoms with Gasteiger partial charge in [-0.2, -0.15) is 0 Å². The van der Waals surface area contributed by atoms with Crippen LogP contribution in [0.2, 0.25) is 0 Å². The molecule has 3 aliphatic rings. The van der Waals surface area contributed by atoms with E-state index >= 15 is 0 Å². The fourth-order valence-electron chi connectivity index (χ4n) is 4.68. The minimum atomic E-state index is 0.447. The normalized spacial score (nSPS) is 25.0. The minimum Gasteiger partial charge on any atom is -0.379 e. The second-order valence-corrected chi connectivity index (χ2v) is 7.89. The first-order valence-corrected chi connectivity index (χ1v) is 10.4. The van der Waals surface area contributed by atoms with Crippen molar-refractivity contribution in [2.24, 2.45) is 4.99 Å². The number of para-hydroxylation sites is 1. The molecule has 6 heteroatoms. The fraction of sp³-hybridized carbons (Fsp3) is 0.667. The van der Waals surface area contributed by atoms with Crippen molar-refractivity contribution in [2.75, 3.05) is 64.4 Å². The fourth-order valence-corrected chi connectivity index (χ4v) is 4.68. The standard InChI is InChI=1S/C21H33N5O/c1-17(26-10-7-18-5-3-4-6-20(18)26)15-23-21(22-2)25-9-8-19(16-25)24-11-13-27-14-12-24/h3-6,17,19H,7-16H2,1-2H3,(H,22,23). The third-order valence-electron chi connectivity index (χ3n) is 6.25. The first-order valence-electron chi connectivity index (χ1n) is 10.4. The highest BCUT2D eigenvalue weighted by molar-refractivity contribution is 5.80. The number of nitrogens with zero attached hydrogens (tertiary/aromatic N) is 4. The zero-order valence-corrected chi connectivity index (χ0v) is 16.7. The predicted molar refractivity (Wildman–Crippen MR) is 111 cm³/mol. The van der Waals surface area contributed by atoms with Crippen LogP contribution in [0.3, 0.4) is 0 Å². The average Bonchev–Trinajstić information content (AvgIpc) is 3.37. The van der Waals surface area contributed by atoms with E-state index in [9.17, 15) is 0 Å². The third kappa shape index (κ3) is 4.06. The molecule has 1 aromatic carbocycles. The topological polar surface area (TPSA) is 43.3 Å². The molecule has 1 N–H and O–H groups in total. The SMILES string of the molecule is CN=C(NCC(C)N1CCc2ccccc21)N1CCC(N2CCOCC2)C1. The Morgan fingerprint density at radius 1 is 1.22 bits per heavy atom. The molecule has 4 rings (SSSR count). The Bertz CT molecular complexity index is 658. The molecule has 0 aliphatic carbocycles. The number of fused-ring (bicyclic) bond motifs is 1. The molecule has 3 aliphatic heterocycles. The molecule has 3 heterocycles. The van der Waals surface area contributed by atoms with Gasteiger partial charge < -0.3 is 19.9 Å². The van der Waals surface area contributed by atoms with E-state index in [4.69, 9.17) is 4.74 Å².